The summed E-state index contributed by atoms with van der Waals surface area (Å²) in [5.41, 5.74) is 1.06. The lowest BCUT2D eigenvalue weighted by Crippen LogP contribution is -2.61. The van der Waals surface area contributed by atoms with Gasteiger partial charge in [0.15, 0.2) is 6.10 Å². The van der Waals surface area contributed by atoms with E-state index in [1.165, 1.54) is 0 Å². The summed E-state index contributed by atoms with van der Waals surface area (Å²) in [4.78, 5) is 22.9. The molecule has 1 aliphatic rings. The first-order valence-electron chi connectivity index (χ1n) is 9.45. The van der Waals surface area contributed by atoms with Gasteiger partial charge in [-0.2, -0.15) is 0 Å². The number of carbonyl (C=O) groups excluding carboxylic acids is 1. The fraction of sp³-hybridized carbons (Fsp3) is 0.524. The summed E-state index contributed by atoms with van der Waals surface area (Å²) in [5, 5.41) is 38.7. The number of carboxylic acids is 1. The highest BCUT2D eigenvalue weighted by Crippen LogP contribution is 2.26. The van der Waals surface area contributed by atoms with Crippen molar-refractivity contribution in [2.75, 3.05) is 6.61 Å². The normalized spacial score (nSPS) is 27.1. The predicted octanol–water partition coefficient (Wildman–Crippen LogP) is 0.869. The number of aliphatic hydroxyl groups is 3. The molecule has 0 bridgehead atoms. The Hall–Kier alpha value is -2.46. The third-order valence-corrected chi connectivity index (χ3v) is 4.53. The van der Waals surface area contributed by atoms with Crippen LogP contribution < -0.4 is 4.74 Å². The van der Waals surface area contributed by atoms with Gasteiger partial charge in [-0.05, 0) is 57.0 Å². The molecule has 1 fully saturated rings. The summed E-state index contributed by atoms with van der Waals surface area (Å²) in [6.07, 6.45) is -4.86. The van der Waals surface area contributed by atoms with Crippen molar-refractivity contribution < 1.29 is 44.2 Å². The van der Waals surface area contributed by atoms with E-state index in [2.05, 4.69) is 0 Å². The largest absolute Gasteiger partial charge is 0.479 e. The second kappa shape index (κ2) is 9.57. The molecule has 0 radical (unpaired) electrons. The van der Waals surface area contributed by atoms with Crippen molar-refractivity contribution in [1.29, 1.82) is 0 Å². The number of hydrogen-bond acceptors (Lipinski definition) is 8. The fourth-order valence-corrected chi connectivity index (χ4v) is 2.71. The molecule has 1 saturated heterocycles. The van der Waals surface area contributed by atoms with Gasteiger partial charge in [-0.25, -0.2) is 4.79 Å². The minimum atomic E-state index is -1.78. The topological polar surface area (TPSA) is 143 Å². The standard InChI is InChI=1S/C21H28O9/c1-11-10-13(8-7-12(11)6-5-9-28-20(27)21(2,3)4)29-19-16(24)14(22)15(23)17(30-19)18(25)26/h5-8,10,14-17,19,22-24H,9H2,1-4H3,(H,25,26)/b6-5+/t14-,15-,16+,17-,19+/m0/s1. The van der Waals surface area contributed by atoms with Crippen LogP contribution in [-0.4, -0.2) is 69.7 Å². The SMILES string of the molecule is Cc1cc(O[C@@H]2O[C@H](C(=O)O)[C@@H](O)[C@H](O)[C@H]2O)ccc1/C=C/COC(=O)C(C)(C)C. The number of aryl methyl sites for hydroxylation is 1. The minimum Gasteiger partial charge on any atom is -0.479 e. The second-order valence-electron chi connectivity index (χ2n) is 8.12. The highest BCUT2D eigenvalue weighted by molar-refractivity contribution is 5.75. The van der Waals surface area contributed by atoms with Crippen LogP contribution in [0.15, 0.2) is 24.3 Å². The Balaban J connectivity index is 2.02. The molecule has 1 aromatic rings. The molecule has 1 aliphatic heterocycles. The molecule has 0 unspecified atom stereocenters. The summed E-state index contributed by atoms with van der Waals surface area (Å²) >= 11 is 0. The van der Waals surface area contributed by atoms with Crippen molar-refractivity contribution in [1.82, 2.24) is 0 Å². The molecule has 0 aliphatic carbocycles. The van der Waals surface area contributed by atoms with Crippen molar-refractivity contribution >= 4 is 18.0 Å². The lowest BCUT2D eigenvalue weighted by molar-refractivity contribution is -0.271. The van der Waals surface area contributed by atoms with Crippen molar-refractivity contribution in [3.63, 3.8) is 0 Å². The molecule has 4 N–H and O–H groups in total. The smallest absolute Gasteiger partial charge is 0.335 e. The molecule has 1 heterocycles. The molecule has 5 atom stereocenters. The Morgan fingerprint density at radius 2 is 1.80 bits per heavy atom. The Kier molecular flexibility index (Phi) is 7.59. The Morgan fingerprint density at radius 3 is 2.37 bits per heavy atom. The van der Waals surface area contributed by atoms with Crippen LogP contribution in [0, 0.1) is 12.3 Å². The minimum absolute atomic E-state index is 0.132. The van der Waals surface area contributed by atoms with Gasteiger partial charge < -0.3 is 34.6 Å². The number of carboxylic acid groups (broad SMARTS) is 1. The van der Waals surface area contributed by atoms with Crippen molar-refractivity contribution in [3.8, 4) is 5.75 Å². The first kappa shape index (κ1) is 23.8. The number of carbonyl (C=O) groups is 2. The summed E-state index contributed by atoms with van der Waals surface area (Å²) in [7, 11) is 0. The molecule has 30 heavy (non-hydrogen) atoms. The summed E-state index contributed by atoms with van der Waals surface area (Å²) < 4.78 is 15.8. The van der Waals surface area contributed by atoms with Gasteiger partial charge >= 0.3 is 11.9 Å². The zero-order valence-corrected chi connectivity index (χ0v) is 17.3. The summed E-state index contributed by atoms with van der Waals surface area (Å²) in [6, 6.07) is 4.95. The van der Waals surface area contributed by atoms with E-state index in [0.29, 0.717) is 0 Å². The molecule has 166 valence electrons. The molecule has 9 heteroatoms. The van der Waals surface area contributed by atoms with Gasteiger partial charge in [0.1, 0.15) is 30.7 Å². The molecule has 9 nitrogen and oxygen atoms in total. The van der Waals surface area contributed by atoms with Crippen LogP contribution in [0.1, 0.15) is 31.9 Å². The Morgan fingerprint density at radius 1 is 1.13 bits per heavy atom. The maximum atomic E-state index is 11.7. The summed E-state index contributed by atoms with van der Waals surface area (Å²) in [5.74, 6) is -1.50. The highest BCUT2D eigenvalue weighted by atomic mass is 16.7. The second-order valence-corrected chi connectivity index (χ2v) is 8.12. The van der Waals surface area contributed by atoms with Gasteiger partial charge in [0.2, 0.25) is 6.29 Å². The first-order valence-corrected chi connectivity index (χ1v) is 9.45. The van der Waals surface area contributed by atoms with Gasteiger partial charge in [-0.3, -0.25) is 4.79 Å². The van der Waals surface area contributed by atoms with Gasteiger partial charge in [0.05, 0.1) is 5.41 Å². The van der Waals surface area contributed by atoms with Gasteiger partial charge in [-0.15, -0.1) is 0 Å². The van der Waals surface area contributed by atoms with E-state index in [1.807, 2.05) is 6.92 Å². The van der Waals surface area contributed by atoms with Gasteiger partial charge in [0, 0.05) is 0 Å². The molecular weight excluding hydrogens is 396 g/mol. The van der Waals surface area contributed by atoms with Gasteiger partial charge in [0.25, 0.3) is 0 Å². The molecule has 0 aromatic heterocycles. The van der Waals surface area contributed by atoms with E-state index < -0.39 is 42.1 Å². The van der Waals surface area contributed by atoms with Crippen LogP contribution in [0.5, 0.6) is 5.75 Å². The van der Waals surface area contributed by atoms with Crippen molar-refractivity contribution in [2.45, 2.75) is 58.4 Å². The molecule has 0 saturated carbocycles. The lowest BCUT2D eigenvalue weighted by atomic mass is 9.97. The number of hydrogen-bond donors (Lipinski definition) is 4. The highest BCUT2D eigenvalue weighted by Gasteiger charge is 2.48. The fourth-order valence-electron chi connectivity index (χ4n) is 2.71. The molecule has 1 aromatic carbocycles. The van der Waals surface area contributed by atoms with E-state index in [0.717, 1.165) is 11.1 Å². The zero-order valence-electron chi connectivity index (χ0n) is 17.3. The van der Waals surface area contributed by atoms with E-state index in [4.69, 9.17) is 19.3 Å². The van der Waals surface area contributed by atoms with Crippen LogP contribution >= 0.6 is 0 Å². The van der Waals surface area contributed by atoms with Crippen LogP contribution in [0.3, 0.4) is 0 Å². The maximum Gasteiger partial charge on any atom is 0.335 e. The lowest BCUT2D eigenvalue weighted by Gasteiger charge is -2.38. The first-order chi connectivity index (χ1) is 13.9. The van der Waals surface area contributed by atoms with Crippen LogP contribution in [0.4, 0.5) is 0 Å². The number of rotatable bonds is 6. The average Bonchev–Trinajstić information content (AvgIpc) is 2.65. The average molecular weight is 424 g/mol. The zero-order chi connectivity index (χ0) is 22.6. The van der Waals surface area contributed by atoms with Crippen molar-refractivity contribution in [3.05, 3.63) is 35.4 Å². The predicted molar refractivity (Wildman–Crippen MR) is 106 cm³/mol. The van der Waals surface area contributed by atoms with Gasteiger partial charge in [-0.1, -0.05) is 12.1 Å². The van der Waals surface area contributed by atoms with Crippen LogP contribution in [0.2, 0.25) is 0 Å². The van der Waals surface area contributed by atoms with E-state index in [-0.39, 0.29) is 18.3 Å². The van der Waals surface area contributed by atoms with E-state index in [9.17, 15) is 24.9 Å². The molecular formula is C21H28O9. The monoisotopic (exact) mass is 424 g/mol. The third-order valence-electron chi connectivity index (χ3n) is 4.53. The summed E-state index contributed by atoms with van der Waals surface area (Å²) in [6.45, 7) is 7.25. The molecule has 2 rings (SSSR count). The van der Waals surface area contributed by atoms with Crippen LogP contribution in [0.25, 0.3) is 6.08 Å². The maximum absolute atomic E-state index is 11.7. The van der Waals surface area contributed by atoms with Crippen LogP contribution in [-0.2, 0) is 19.1 Å². The molecule has 0 amide bonds. The quantitative estimate of drug-likeness (QED) is 0.489. The number of esters is 1. The van der Waals surface area contributed by atoms with Crippen molar-refractivity contribution in [2.24, 2.45) is 5.41 Å². The number of benzene rings is 1. The Labute approximate surface area is 174 Å². The molecule has 0 spiro atoms. The Bertz CT molecular complexity index is 796. The van der Waals surface area contributed by atoms with E-state index >= 15 is 0 Å². The van der Waals surface area contributed by atoms with E-state index in [1.54, 1.807) is 51.1 Å². The number of aliphatic carboxylic acids is 1. The third kappa shape index (κ3) is 5.79. The number of aliphatic hydroxyl groups excluding tert-OH is 3. The number of ether oxygens (including phenoxy) is 3.